The lowest BCUT2D eigenvalue weighted by atomic mass is 9.61. The molecule has 0 aromatic heterocycles. The van der Waals surface area contributed by atoms with Gasteiger partial charge in [-0.15, -0.1) is 12.3 Å². The maximum Gasteiger partial charge on any atom is 0.0203 e. The van der Waals surface area contributed by atoms with Crippen LogP contribution < -0.4 is 0 Å². The third-order valence-electron chi connectivity index (χ3n) is 13.6. The van der Waals surface area contributed by atoms with Crippen molar-refractivity contribution in [1.29, 1.82) is 0 Å². The molecule has 4 saturated carbocycles. The van der Waals surface area contributed by atoms with E-state index in [0.717, 1.165) is 59.2 Å². The maximum absolute atomic E-state index is 5.30. The predicted octanol–water partition coefficient (Wildman–Crippen LogP) is 18.7. The van der Waals surface area contributed by atoms with E-state index in [1.807, 2.05) is 55.4 Å². The minimum Gasteiger partial charge on any atom is -0.120 e. The second kappa shape index (κ2) is 35.7. The lowest BCUT2D eigenvalue weighted by molar-refractivity contribution is 0.0609. The van der Waals surface area contributed by atoms with E-state index >= 15 is 0 Å². The fourth-order valence-electron chi connectivity index (χ4n) is 9.88. The molecule has 0 radical (unpaired) electrons. The van der Waals surface area contributed by atoms with Crippen molar-refractivity contribution in [1.82, 2.24) is 0 Å². The molecule has 0 aliphatic heterocycles. The van der Waals surface area contributed by atoms with Gasteiger partial charge in [-0.25, -0.2) is 0 Å². The Hall–Kier alpha value is -0.700. The van der Waals surface area contributed by atoms with Crippen LogP contribution in [0.2, 0.25) is 0 Å². The molecular weight excluding hydrogens is 637 g/mol. The van der Waals surface area contributed by atoms with Crippen LogP contribution in [0.3, 0.4) is 0 Å². The van der Waals surface area contributed by atoms with Crippen molar-refractivity contribution < 1.29 is 0 Å². The molecule has 4 fully saturated rings. The summed E-state index contributed by atoms with van der Waals surface area (Å²) in [6.45, 7) is 40.3. The summed E-state index contributed by atoms with van der Waals surface area (Å²) < 4.78 is 0. The topological polar surface area (TPSA) is 0 Å². The highest BCUT2D eigenvalue weighted by atomic mass is 14.4. The first-order valence-electron chi connectivity index (χ1n) is 24.6. The summed E-state index contributed by atoms with van der Waals surface area (Å²) in [4.78, 5) is 0. The van der Waals surface area contributed by atoms with Gasteiger partial charge in [0.05, 0.1) is 0 Å². The van der Waals surface area contributed by atoms with Crippen LogP contribution in [-0.4, -0.2) is 0 Å². The number of hydrogen-bond acceptors (Lipinski definition) is 0. The second-order valence-corrected chi connectivity index (χ2v) is 17.7. The van der Waals surface area contributed by atoms with E-state index in [1.54, 1.807) is 0 Å². The number of terminal acetylenes is 1. The molecule has 0 nitrogen and oxygen atoms in total. The Bertz CT molecular complexity index is 817. The van der Waals surface area contributed by atoms with Crippen LogP contribution in [0.1, 0.15) is 247 Å². The summed E-state index contributed by atoms with van der Waals surface area (Å²) in [5, 5.41) is 0. The molecule has 0 aromatic carbocycles. The molecular formula is C53H106. The van der Waals surface area contributed by atoms with E-state index in [-0.39, 0.29) is 0 Å². The van der Waals surface area contributed by atoms with Gasteiger partial charge in [0.25, 0.3) is 0 Å². The third kappa shape index (κ3) is 23.2. The standard InChI is InChI=1S/C33H60.C9H14.C3H8.4C2H6/c1-8-11-28(18-21-29-13-9-12-25(3)26(29)4)23-33(6,7)32-15-10-14-31(22-32)27(5)30-19-16-24(2)17-20-30;1-3-8-5-6-9(4-2)7-8;1-3-2;4*1-2/h18,21,24-32H,8-17,19-20,22-23H2,1-7H3;1,8-9H,4-7H2,2H3;3H2,1-2H3;4*1-2H3. The van der Waals surface area contributed by atoms with Crippen LogP contribution in [0.15, 0.2) is 12.2 Å². The Balaban J connectivity index is -0.00000104. The average Bonchev–Trinajstić information content (AvgIpc) is 3.68. The first-order chi connectivity index (χ1) is 25.5. The van der Waals surface area contributed by atoms with Crippen LogP contribution in [0.25, 0.3) is 0 Å². The third-order valence-corrected chi connectivity index (χ3v) is 13.6. The first kappa shape index (κ1) is 56.6. The molecule has 0 heteroatoms. The molecule has 0 saturated heterocycles. The normalized spacial score (nSPS) is 30.5. The summed E-state index contributed by atoms with van der Waals surface area (Å²) in [5.41, 5.74) is 0.481. The number of hydrogen-bond donors (Lipinski definition) is 0. The zero-order chi connectivity index (χ0) is 41.4. The lowest BCUT2D eigenvalue weighted by Gasteiger charge is -2.45. The molecule has 0 N–H and O–H groups in total. The minimum atomic E-state index is 0.481. The van der Waals surface area contributed by atoms with Gasteiger partial charge in [-0.1, -0.05) is 195 Å². The average molecular weight is 743 g/mol. The van der Waals surface area contributed by atoms with Gasteiger partial charge in [0.2, 0.25) is 0 Å². The Morgan fingerprint density at radius 1 is 0.698 bits per heavy atom. The molecule has 4 aliphatic carbocycles. The molecule has 9 atom stereocenters. The quantitative estimate of drug-likeness (QED) is 0.154. The molecule has 0 aromatic rings. The van der Waals surface area contributed by atoms with Crippen molar-refractivity contribution in [3.8, 4) is 12.3 Å². The van der Waals surface area contributed by atoms with E-state index < -0.39 is 0 Å². The summed E-state index contributed by atoms with van der Waals surface area (Å²) >= 11 is 0. The Kier molecular flexibility index (Phi) is 38.1. The molecule has 0 bridgehead atoms. The molecule has 0 spiro atoms. The van der Waals surface area contributed by atoms with E-state index in [4.69, 9.17) is 6.42 Å². The fraction of sp³-hybridized carbons (Fsp3) is 0.925. The van der Waals surface area contributed by atoms with Gasteiger partial charge in [0, 0.05) is 5.92 Å². The highest BCUT2D eigenvalue weighted by molar-refractivity contribution is 5.00. The monoisotopic (exact) mass is 743 g/mol. The smallest absolute Gasteiger partial charge is 0.0203 e. The van der Waals surface area contributed by atoms with Gasteiger partial charge in [-0.3, -0.25) is 0 Å². The molecule has 53 heavy (non-hydrogen) atoms. The van der Waals surface area contributed by atoms with Gasteiger partial charge >= 0.3 is 0 Å². The van der Waals surface area contributed by atoms with Crippen LogP contribution >= 0.6 is 0 Å². The van der Waals surface area contributed by atoms with Crippen LogP contribution in [0, 0.1) is 82.9 Å². The first-order valence-corrected chi connectivity index (χ1v) is 24.6. The maximum atomic E-state index is 5.30. The van der Waals surface area contributed by atoms with Crippen molar-refractivity contribution in [2.24, 2.45) is 70.5 Å². The van der Waals surface area contributed by atoms with Gasteiger partial charge in [-0.2, -0.15) is 0 Å². The highest BCUT2D eigenvalue weighted by Gasteiger charge is 2.38. The number of allylic oxidation sites excluding steroid dienone is 2. The SMILES string of the molecule is C#CC1CCC(CC)C1.CC.CC.CC.CC.CCC.CCCC(C=CC1CCCC(C)C1C)CC(C)(C)C1CCCC(C(C)C2CCC(C)CC2)C1. The van der Waals surface area contributed by atoms with Crippen molar-refractivity contribution in [2.45, 2.75) is 247 Å². The zero-order valence-electron chi connectivity index (χ0n) is 40.5. The summed E-state index contributed by atoms with van der Waals surface area (Å²) in [5.74, 6) is 12.6. The van der Waals surface area contributed by atoms with Crippen molar-refractivity contribution >= 4 is 0 Å². The van der Waals surface area contributed by atoms with Crippen molar-refractivity contribution in [2.75, 3.05) is 0 Å². The van der Waals surface area contributed by atoms with Gasteiger partial charge in [-0.05, 0) is 129 Å². The highest BCUT2D eigenvalue weighted by Crippen LogP contribution is 2.49. The van der Waals surface area contributed by atoms with Crippen LogP contribution in [0.4, 0.5) is 0 Å². The molecule has 0 heterocycles. The van der Waals surface area contributed by atoms with Crippen molar-refractivity contribution in [3.05, 3.63) is 12.2 Å². The fourth-order valence-corrected chi connectivity index (χ4v) is 9.88. The molecule has 4 aliphatic rings. The molecule has 4 rings (SSSR count). The largest absolute Gasteiger partial charge is 0.120 e. The predicted molar refractivity (Wildman–Crippen MR) is 249 cm³/mol. The summed E-state index contributed by atoms with van der Waals surface area (Å²) in [6, 6.07) is 0. The van der Waals surface area contributed by atoms with Crippen molar-refractivity contribution in [3.63, 3.8) is 0 Å². The van der Waals surface area contributed by atoms with E-state index in [0.29, 0.717) is 11.3 Å². The van der Waals surface area contributed by atoms with Gasteiger partial charge < -0.3 is 0 Å². The molecule has 318 valence electrons. The van der Waals surface area contributed by atoms with Gasteiger partial charge in [0.15, 0.2) is 0 Å². The second-order valence-electron chi connectivity index (χ2n) is 17.7. The van der Waals surface area contributed by atoms with E-state index in [2.05, 4.69) is 87.3 Å². The van der Waals surface area contributed by atoms with E-state index in [9.17, 15) is 0 Å². The lowest BCUT2D eigenvalue weighted by Crippen LogP contribution is -2.35. The molecule has 9 unspecified atom stereocenters. The Labute approximate surface area is 340 Å². The van der Waals surface area contributed by atoms with E-state index in [1.165, 1.54) is 122 Å². The van der Waals surface area contributed by atoms with Crippen LogP contribution in [-0.2, 0) is 0 Å². The molecule has 0 amide bonds. The summed E-state index contributed by atoms with van der Waals surface area (Å²) in [6.07, 6.45) is 37.5. The summed E-state index contributed by atoms with van der Waals surface area (Å²) in [7, 11) is 0. The van der Waals surface area contributed by atoms with Gasteiger partial charge in [0.1, 0.15) is 0 Å². The van der Waals surface area contributed by atoms with Crippen LogP contribution in [0.5, 0.6) is 0 Å². The minimum absolute atomic E-state index is 0.481. The number of rotatable bonds is 10. The Morgan fingerprint density at radius 2 is 1.26 bits per heavy atom. The Morgan fingerprint density at radius 3 is 1.75 bits per heavy atom. The zero-order valence-corrected chi connectivity index (χ0v) is 40.5.